The van der Waals surface area contributed by atoms with Gasteiger partial charge in [0.1, 0.15) is 15.9 Å². The minimum absolute atomic E-state index is 0.0328. The molecule has 0 unspecified atom stereocenters. The van der Waals surface area contributed by atoms with E-state index in [2.05, 4.69) is 5.10 Å². The van der Waals surface area contributed by atoms with Crippen LogP contribution in [0.2, 0.25) is 10.2 Å². The fourth-order valence-corrected chi connectivity index (χ4v) is 4.23. The van der Waals surface area contributed by atoms with E-state index in [1.54, 1.807) is 19.1 Å². The van der Waals surface area contributed by atoms with E-state index in [0.29, 0.717) is 17.3 Å². The lowest BCUT2D eigenvalue weighted by Gasteiger charge is -2.13. The molecule has 0 atom stereocenters. The predicted molar refractivity (Wildman–Crippen MR) is 105 cm³/mol. The Balaban J connectivity index is 2.32. The van der Waals surface area contributed by atoms with Crippen LogP contribution in [0, 0.1) is 6.92 Å². The molecule has 148 valence electrons. The van der Waals surface area contributed by atoms with Crippen LogP contribution in [0.4, 0.5) is 4.39 Å². The third-order valence-corrected chi connectivity index (χ3v) is 6.68. The van der Waals surface area contributed by atoms with Crippen LogP contribution < -0.4 is 5.73 Å². The van der Waals surface area contributed by atoms with Crippen molar-refractivity contribution in [3.8, 4) is 0 Å². The van der Waals surface area contributed by atoms with Crippen molar-refractivity contribution in [3.63, 3.8) is 0 Å². The molecule has 0 spiro atoms. The van der Waals surface area contributed by atoms with Gasteiger partial charge in [0.05, 0.1) is 17.3 Å². The van der Waals surface area contributed by atoms with Crippen molar-refractivity contribution in [2.24, 2.45) is 5.73 Å². The smallest absolute Gasteiger partial charge is 0.244 e. The van der Waals surface area contributed by atoms with Crippen LogP contribution in [0.5, 0.6) is 0 Å². The van der Waals surface area contributed by atoms with E-state index in [4.69, 9.17) is 28.9 Å². The Morgan fingerprint density at radius 3 is 2.59 bits per heavy atom. The topological polar surface area (TPSA) is 81.2 Å². The van der Waals surface area contributed by atoms with Crippen LogP contribution in [0.1, 0.15) is 16.8 Å². The summed E-state index contributed by atoms with van der Waals surface area (Å²) in [6, 6.07) is 4.72. The molecule has 6 nitrogen and oxygen atoms in total. The number of aryl methyl sites for hydroxylation is 1. The number of sulfonamides is 1. The van der Waals surface area contributed by atoms with Crippen molar-refractivity contribution in [1.82, 2.24) is 14.1 Å². The van der Waals surface area contributed by atoms with Crippen molar-refractivity contribution in [1.29, 1.82) is 0 Å². The second-order valence-corrected chi connectivity index (χ2v) is 9.01. The van der Waals surface area contributed by atoms with Gasteiger partial charge in [-0.25, -0.2) is 21.8 Å². The standard InChI is InChI=1S/C17H21Cl2FN4O2S/c1-11-14(17(19)24(22-11)10-13(20)6-7-21)8-12-4-5-16(15(18)9-12)27(25,26)23(2)3/h4-6,9H,7-8,10,21H2,1-3H3/b13-6-. The summed E-state index contributed by atoms with van der Waals surface area (Å²) < 4.78 is 40.6. The number of hydrogen-bond acceptors (Lipinski definition) is 4. The van der Waals surface area contributed by atoms with Gasteiger partial charge in [0, 0.05) is 32.6 Å². The molecular weight excluding hydrogens is 414 g/mol. The zero-order valence-electron chi connectivity index (χ0n) is 15.2. The number of halogens is 3. The van der Waals surface area contributed by atoms with Crippen molar-refractivity contribution in [2.45, 2.75) is 24.8 Å². The van der Waals surface area contributed by atoms with Gasteiger partial charge in [-0.1, -0.05) is 29.3 Å². The SMILES string of the molecule is Cc1nn(C/C(F)=C/CN)c(Cl)c1Cc1ccc(S(=O)(=O)N(C)C)c(Cl)c1. The molecule has 2 N–H and O–H groups in total. The average molecular weight is 435 g/mol. The molecule has 0 amide bonds. The summed E-state index contributed by atoms with van der Waals surface area (Å²) in [7, 11) is -0.748. The highest BCUT2D eigenvalue weighted by molar-refractivity contribution is 7.89. The van der Waals surface area contributed by atoms with Gasteiger partial charge in [-0.15, -0.1) is 0 Å². The van der Waals surface area contributed by atoms with Gasteiger partial charge in [-0.3, -0.25) is 0 Å². The first-order valence-electron chi connectivity index (χ1n) is 8.05. The molecular formula is C17H21Cl2FN4O2S. The normalized spacial score (nSPS) is 12.8. The quantitative estimate of drug-likeness (QED) is 0.725. The summed E-state index contributed by atoms with van der Waals surface area (Å²) in [5.74, 6) is -0.422. The number of hydrogen-bond donors (Lipinski definition) is 1. The molecule has 0 aliphatic rings. The van der Waals surface area contributed by atoms with Crippen molar-refractivity contribution < 1.29 is 12.8 Å². The third-order valence-electron chi connectivity index (χ3n) is 3.96. The highest BCUT2D eigenvalue weighted by atomic mass is 35.5. The van der Waals surface area contributed by atoms with Crippen LogP contribution in [0.15, 0.2) is 35.0 Å². The molecule has 27 heavy (non-hydrogen) atoms. The molecule has 0 saturated heterocycles. The van der Waals surface area contributed by atoms with Gasteiger partial charge >= 0.3 is 0 Å². The van der Waals surface area contributed by atoms with E-state index in [1.807, 2.05) is 0 Å². The summed E-state index contributed by atoms with van der Waals surface area (Å²) in [6.45, 7) is 1.77. The summed E-state index contributed by atoms with van der Waals surface area (Å²) >= 11 is 12.5. The number of nitrogens with zero attached hydrogens (tertiary/aromatic N) is 3. The van der Waals surface area contributed by atoms with Gasteiger partial charge in [0.15, 0.2) is 0 Å². The number of nitrogens with two attached hydrogens (primary N) is 1. The van der Waals surface area contributed by atoms with E-state index < -0.39 is 15.9 Å². The first-order chi connectivity index (χ1) is 12.6. The summed E-state index contributed by atoms with van der Waals surface area (Å²) in [5, 5.41) is 4.70. The van der Waals surface area contributed by atoms with Gasteiger partial charge in [-0.05, 0) is 30.7 Å². The third kappa shape index (κ3) is 4.89. The monoisotopic (exact) mass is 434 g/mol. The molecule has 1 heterocycles. The maximum Gasteiger partial charge on any atom is 0.244 e. The van der Waals surface area contributed by atoms with Gasteiger partial charge in [0.25, 0.3) is 0 Å². The maximum absolute atomic E-state index is 13.7. The minimum atomic E-state index is -3.63. The highest BCUT2D eigenvalue weighted by Gasteiger charge is 2.21. The zero-order chi connectivity index (χ0) is 20.4. The Labute approximate surface area is 168 Å². The highest BCUT2D eigenvalue weighted by Crippen LogP contribution is 2.28. The molecule has 0 radical (unpaired) electrons. The largest absolute Gasteiger partial charge is 0.327 e. The fraction of sp³-hybridized carbons (Fsp3) is 0.353. The molecule has 1 aromatic carbocycles. The van der Waals surface area contributed by atoms with Crippen LogP contribution in [0.25, 0.3) is 0 Å². The zero-order valence-corrected chi connectivity index (χ0v) is 17.5. The van der Waals surface area contributed by atoms with E-state index in [9.17, 15) is 12.8 Å². The van der Waals surface area contributed by atoms with Gasteiger partial charge in [0.2, 0.25) is 10.0 Å². The van der Waals surface area contributed by atoms with Gasteiger partial charge < -0.3 is 5.73 Å². The Morgan fingerprint density at radius 2 is 2.04 bits per heavy atom. The van der Waals surface area contributed by atoms with E-state index in [-0.39, 0.29) is 23.0 Å². The number of allylic oxidation sites excluding steroid dienone is 1. The second-order valence-electron chi connectivity index (χ2n) is 6.13. The minimum Gasteiger partial charge on any atom is -0.327 e. The first kappa shape index (κ1) is 21.8. The molecule has 0 bridgehead atoms. The lowest BCUT2D eigenvalue weighted by molar-refractivity contribution is 0.520. The van der Waals surface area contributed by atoms with Crippen molar-refractivity contribution in [3.05, 3.63) is 57.1 Å². The Hall–Kier alpha value is -1.45. The second kappa shape index (κ2) is 8.70. The van der Waals surface area contributed by atoms with Gasteiger partial charge in [-0.2, -0.15) is 5.10 Å². The molecule has 2 rings (SSSR count). The molecule has 1 aromatic heterocycles. The first-order valence-corrected chi connectivity index (χ1v) is 10.2. The van der Waals surface area contributed by atoms with Crippen molar-refractivity contribution in [2.75, 3.05) is 20.6 Å². The summed E-state index contributed by atoms with van der Waals surface area (Å²) in [4.78, 5) is 0.0328. The summed E-state index contributed by atoms with van der Waals surface area (Å²) in [6.07, 6.45) is 1.64. The molecule has 2 aromatic rings. The van der Waals surface area contributed by atoms with Crippen LogP contribution in [-0.2, 0) is 23.0 Å². The number of aromatic nitrogens is 2. The van der Waals surface area contributed by atoms with Crippen molar-refractivity contribution >= 4 is 33.2 Å². The molecule has 0 fully saturated rings. The Bertz CT molecular complexity index is 972. The summed E-state index contributed by atoms with van der Waals surface area (Å²) in [5.41, 5.74) is 7.43. The van der Waals surface area contributed by atoms with E-state index in [1.165, 1.54) is 30.9 Å². The Morgan fingerprint density at radius 1 is 1.37 bits per heavy atom. The fourth-order valence-electron chi connectivity index (χ4n) is 2.50. The lowest BCUT2D eigenvalue weighted by Crippen LogP contribution is -2.22. The molecule has 0 aliphatic heterocycles. The average Bonchev–Trinajstić information content (AvgIpc) is 2.82. The number of benzene rings is 1. The maximum atomic E-state index is 13.7. The van der Waals surface area contributed by atoms with Crippen LogP contribution in [0.3, 0.4) is 0 Å². The predicted octanol–water partition coefficient (Wildman–Crippen LogP) is 3.15. The molecule has 10 heteroatoms. The van der Waals surface area contributed by atoms with Crippen LogP contribution in [-0.4, -0.2) is 43.1 Å². The molecule has 0 aliphatic carbocycles. The van der Waals surface area contributed by atoms with E-state index >= 15 is 0 Å². The van der Waals surface area contributed by atoms with E-state index in [0.717, 1.165) is 15.4 Å². The lowest BCUT2D eigenvalue weighted by atomic mass is 10.1. The van der Waals surface area contributed by atoms with Crippen LogP contribution >= 0.6 is 23.2 Å². The Kier molecular flexibility index (Phi) is 7.04. The molecule has 0 saturated carbocycles. The number of rotatable bonds is 7.